The number of hydrogen-bond acceptors (Lipinski definition) is 2. The number of anilines is 1. The summed E-state index contributed by atoms with van der Waals surface area (Å²) in [7, 11) is -1.53. The molecule has 0 aliphatic rings. The lowest BCUT2D eigenvalue weighted by atomic mass is 10.2. The second-order valence-corrected chi connectivity index (χ2v) is 10.3. The summed E-state index contributed by atoms with van der Waals surface area (Å²) in [6.45, 7) is 8.14. The Morgan fingerprint density at radius 2 is 1.50 bits per heavy atom. The lowest BCUT2D eigenvalue weighted by Gasteiger charge is -2.24. The highest BCUT2D eigenvalue weighted by molar-refractivity contribution is 6.70. The molecule has 0 radical (unpaired) electrons. The van der Waals surface area contributed by atoms with E-state index in [1.54, 1.807) is 0 Å². The van der Waals surface area contributed by atoms with Crippen LogP contribution in [0.3, 0.4) is 0 Å². The van der Waals surface area contributed by atoms with Gasteiger partial charge in [0.2, 0.25) is 8.32 Å². The number of alkyl halides is 2. The number of nitrogens with zero attached hydrogens (tertiary/aromatic N) is 1. The Morgan fingerprint density at radius 3 is 1.89 bits per heavy atom. The van der Waals surface area contributed by atoms with E-state index in [1.165, 1.54) is 0 Å². The van der Waals surface area contributed by atoms with Crippen molar-refractivity contribution < 1.29 is 4.43 Å². The van der Waals surface area contributed by atoms with Gasteiger partial charge in [-0.1, -0.05) is 0 Å². The number of halogens is 2. The van der Waals surface area contributed by atoms with E-state index < -0.39 is 8.32 Å². The molecule has 0 saturated carbocycles. The maximum absolute atomic E-state index is 5.92. The number of rotatable bonds is 7. The molecular formula is C13H21Cl2NOSi. The van der Waals surface area contributed by atoms with Gasteiger partial charge in [-0.2, -0.15) is 0 Å². The average molecular weight is 306 g/mol. The van der Waals surface area contributed by atoms with Crippen molar-refractivity contribution in [2.24, 2.45) is 0 Å². The molecule has 2 nitrogen and oxygen atoms in total. The topological polar surface area (TPSA) is 12.5 Å². The monoisotopic (exact) mass is 305 g/mol. The molecule has 5 heteroatoms. The van der Waals surface area contributed by atoms with Gasteiger partial charge in [-0.05, 0) is 43.9 Å². The fraction of sp³-hybridized carbons (Fsp3) is 0.538. The van der Waals surface area contributed by atoms with E-state index in [1.807, 2.05) is 12.1 Å². The van der Waals surface area contributed by atoms with E-state index >= 15 is 0 Å². The highest BCUT2D eigenvalue weighted by Crippen LogP contribution is 2.21. The number of hydrogen-bond donors (Lipinski definition) is 0. The van der Waals surface area contributed by atoms with Gasteiger partial charge in [-0.15, -0.1) is 23.2 Å². The van der Waals surface area contributed by atoms with E-state index in [9.17, 15) is 0 Å². The van der Waals surface area contributed by atoms with Gasteiger partial charge < -0.3 is 9.33 Å². The molecule has 0 aliphatic carbocycles. The zero-order valence-corrected chi connectivity index (χ0v) is 13.8. The largest absolute Gasteiger partial charge is 0.544 e. The normalized spacial score (nSPS) is 11.4. The SMILES string of the molecule is C[Si](C)(C)Oc1ccc(N(CCCl)CCCl)cc1. The third kappa shape index (κ3) is 5.51. The molecule has 0 aromatic heterocycles. The molecule has 0 fully saturated rings. The van der Waals surface area contributed by atoms with Crippen LogP contribution in [0.4, 0.5) is 5.69 Å². The first kappa shape index (κ1) is 15.7. The van der Waals surface area contributed by atoms with Gasteiger partial charge in [0.25, 0.3) is 0 Å². The van der Waals surface area contributed by atoms with Crippen LogP contribution < -0.4 is 9.33 Å². The Labute approximate surface area is 121 Å². The van der Waals surface area contributed by atoms with E-state index in [0.29, 0.717) is 11.8 Å². The summed E-state index contributed by atoms with van der Waals surface area (Å²) in [6, 6.07) is 8.16. The molecule has 1 aromatic carbocycles. The van der Waals surface area contributed by atoms with Crippen molar-refractivity contribution in [2.75, 3.05) is 29.7 Å². The quantitative estimate of drug-likeness (QED) is 0.553. The summed E-state index contributed by atoms with van der Waals surface area (Å²) in [5, 5.41) is 0. The van der Waals surface area contributed by atoms with Gasteiger partial charge >= 0.3 is 0 Å². The van der Waals surface area contributed by atoms with Gasteiger partial charge in [0.05, 0.1) is 0 Å². The standard InChI is InChI=1S/C13H21Cl2NOSi/c1-18(2,3)17-13-6-4-12(5-7-13)16(10-8-14)11-9-15/h4-7H,8-11H2,1-3H3. The first-order chi connectivity index (χ1) is 8.46. The van der Waals surface area contributed by atoms with E-state index in [0.717, 1.165) is 24.5 Å². The zero-order chi connectivity index (χ0) is 13.6. The van der Waals surface area contributed by atoms with Crippen LogP contribution in [0.5, 0.6) is 5.75 Å². The Bertz CT molecular complexity index is 345. The highest BCUT2D eigenvalue weighted by Gasteiger charge is 2.16. The Hall–Kier alpha value is -0.383. The van der Waals surface area contributed by atoms with Crippen molar-refractivity contribution >= 4 is 37.2 Å². The van der Waals surface area contributed by atoms with Crippen molar-refractivity contribution in [3.8, 4) is 5.75 Å². The van der Waals surface area contributed by atoms with Crippen molar-refractivity contribution in [1.82, 2.24) is 0 Å². The minimum atomic E-state index is -1.53. The van der Waals surface area contributed by atoms with E-state index in [4.69, 9.17) is 27.6 Å². The van der Waals surface area contributed by atoms with Crippen LogP contribution in [0.2, 0.25) is 19.6 Å². The smallest absolute Gasteiger partial charge is 0.242 e. The van der Waals surface area contributed by atoms with Crippen LogP contribution >= 0.6 is 23.2 Å². The summed E-state index contributed by atoms with van der Waals surface area (Å²) >= 11 is 11.6. The van der Waals surface area contributed by atoms with Gasteiger partial charge in [-0.25, -0.2) is 0 Å². The maximum atomic E-state index is 5.92. The van der Waals surface area contributed by atoms with Crippen molar-refractivity contribution in [3.63, 3.8) is 0 Å². The third-order valence-corrected chi connectivity index (χ3v) is 3.52. The van der Waals surface area contributed by atoms with Crippen LogP contribution in [0.1, 0.15) is 0 Å². The Kier molecular flexibility index (Phi) is 6.33. The molecule has 0 saturated heterocycles. The van der Waals surface area contributed by atoms with E-state index in [-0.39, 0.29) is 0 Å². The second kappa shape index (κ2) is 7.27. The molecule has 18 heavy (non-hydrogen) atoms. The lowest BCUT2D eigenvalue weighted by Crippen LogP contribution is -2.29. The maximum Gasteiger partial charge on any atom is 0.242 e. The summed E-state index contributed by atoms with van der Waals surface area (Å²) in [5.41, 5.74) is 1.14. The molecule has 0 aliphatic heterocycles. The zero-order valence-electron chi connectivity index (χ0n) is 11.2. The fourth-order valence-electron chi connectivity index (χ4n) is 1.65. The molecule has 0 heterocycles. The molecule has 0 bridgehead atoms. The molecule has 1 rings (SSSR count). The second-order valence-electron chi connectivity index (χ2n) is 5.07. The number of benzene rings is 1. The Morgan fingerprint density at radius 1 is 1.00 bits per heavy atom. The van der Waals surface area contributed by atoms with Crippen LogP contribution in [0.15, 0.2) is 24.3 Å². The molecule has 0 N–H and O–H groups in total. The van der Waals surface area contributed by atoms with Crippen LogP contribution in [0, 0.1) is 0 Å². The molecule has 0 unspecified atom stereocenters. The molecule has 0 atom stereocenters. The average Bonchev–Trinajstić information content (AvgIpc) is 2.28. The molecule has 1 aromatic rings. The van der Waals surface area contributed by atoms with Crippen molar-refractivity contribution in [2.45, 2.75) is 19.6 Å². The highest BCUT2D eigenvalue weighted by atomic mass is 35.5. The van der Waals surface area contributed by atoms with Gasteiger partial charge in [0.15, 0.2) is 0 Å². The minimum absolute atomic E-state index is 0.601. The van der Waals surface area contributed by atoms with Crippen LogP contribution in [-0.2, 0) is 0 Å². The summed E-state index contributed by atoms with van der Waals surface area (Å²) < 4.78 is 5.92. The summed E-state index contributed by atoms with van der Waals surface area (Å²) in [6.07, 6.45) is 0. The predicted octanol–water partition coefficient (Wildman–Crippen LogP) is 4.18. The van der Waals surface area contributed by atoms with Gasteiger partial charge in [0, 0.05) is 30.5 Å². The van der Waals surface area contributed by atoms with Crippen molar-refractivity contribution in [1.29, 1.82) is 0 Å². The summed E-state index contributed by atoms with van der Waals surface area (Å²) in [5.74, 6) is 2.14. The first-order valence-electron chi connectivity index (χ1n) is 6.12. The molecule has 102 valence electrons. The summed E-state index contributed by atoms with van der Waals surface area (Å²) in [4.78, 5) is 2.18. The minimum Gasteiger partial charge on any atom is -0.544 e. The predicted molar refractivity (Wildman–Crippen MR) is 84.1 cm³/mol. The fourth-order valence-corrected chi connectivity index (χ4v) is 2.90. The van der Waals surface area contributed by atoms with Crippen LogP contribution in [-0.4, -0.2) is 33.2 Å². The van der Waals surface area contributed by atoms with E-state index in [2.05, 4.69) is 36.7 Å². The molecular weight excluding hydrogens is 285 g/mol. The third-order valence-electron chi connectivity index (χ3n) is 2.33. The Balaban J connectivity index is 2.73. The lowest BCUT2D eigenvalue weighted by molar-refractivity contribution is 0.557. The van der Waals surface area contributed by atoms with Crippen molar-refractivity contribution in [3.05, 3.63) is 24.3 Å². The van der Waals surface area contributed by atoms with Gasteiger partial charge in [-0.3, -0.25) is 0 Å². The van der Waals surface area contributed by atoms with Gasteiger partial charge in [0.1, 0.15) is 5.75 Å². The molecule has 0 spiro atoms. The molecule has 0 amide bonds. The first-order valence-corrected chi connectivity index (χ1v) is 10.6. The van der Waals surface area contributed by atoms with Crippen LogP contribution in [0.25, 0.3) is 0 Å².